The van der Waals surface area contributed by atoms with Crippen LogP contribution in [0.5, 0.6) is 0 Å². The van der Waals surface area contributed by atoms with Crippen LogP contribution in [0.3, 0.4) is 0 Å². The van der Waals surface area contributed by atoms with Crippen molar-refractivity contribution < 1.29 is 13.5 Å². The normalized spacial score (nSPS) is 12.8. The number of benzene rings is 2. The summed E-state index contributed by atoms with van der Waals surface area (Å²) < 4.78 is 26.7. The number of hydrogen-bond acceptors (Lipinski definition) is 4. The summed E-state index contributed by atoms with van der Waals surface area (Å²) in [5.74, 6) is 0.0180. The fraction of sp³-hybridized carbons (Fsp3) is 0.250. The van der Waals surface area contributed by atoms with Gasteiger partial charge >= 0.3 is 0 Å². The molecular weight excluding hydrogens is 300 g/mol. The molecule has 0 radical (unpaired) electrons. The number of rotatable bonds is 7. The first-order valence-corrected chi connectivity index (χ1v) is 8.68. The number of nitrogens with one attached hydrogen (secondary N) is 1. The number of anilines is 1. The number of hydrogen-bond donors (Lipinski definition) is 3. The van der Waals surface area contributed by atoms with E-state index in [9.17, 15) is 13.5 Å². The molecule has 0 aliphatic heterocycles. The summed E-state index contributed by atoms with van der Waals surface area (Å²) in [7, 11) is -3.41. The third-order valence-electron chi connectivity index (χ3n) is 3.29. The van der Waals surface area contributed by atoms with Gasteiger partial charge in [-0.2, -0.15) is 0 Å². The lowest BCUT2D eigenvalue weighted by Crippen LogP contribution is -2.18. The SMILES string of the molecule is NCC(O)c1ccc(NS(=O)(=O)CCc2ccccc2)cc1. The Morgan fingerprint density at radius 3 is 2.27 bits per heavy atom. The van der Waals surface area contributed by atoms with Gasteiger partial charge in [0.1, 0.15) is 0 Å². The zero-order valence-corrected chi connectivity index (χ0v) is 13.0. The van der Waals surface area contributed by atoms with Gasteiger partial charge in [0.25, 0.3) is 0 Å². The van der Waals surface area contributed by atoms with E-state index in [-0.39, 0.29) is 12.3 Å². The Labute approximate surface area is 130 Å². The second-order valence-corrected chi connectivity index (χ2v) is 6.87. The predicted molar refractivity (Wildman–Crippen MR) is 88.0 cm³/mol. The van der Waals surface area contributed by atoms with E-state index < -0.39 is 16.1 Å². The molecule has 0 fully saturated rings. The van der Waals surface area contributed by atoms with E-state index in [0.29, 0.717) is 17.7 Å². The molecular formula is C16H20N2O3S. The van der Waals surface area contributed by atoms with Crippen LogP contribution in [0, 0.1) is 0 Å². The molecule has 22 heavy (non-hydrogen) atoms. The lowest BCUT2D eigenvalue weighted by atomic mass is 10.1. The van der Waals surface area contributed by atoms with Crippen molar-refractivity contribution in [3.63, 3.8) is 0 Å². The van der Waals surface area contributed by atoms with Crippen molar-refractivity contribution in [3.05, 3.63) is 65.7 Å². The van der Waals surface area contributed by atoms with E-state index in [1.165, 1.54) is 0 Å². The maximum Gasteiger partial charge on any atom is 0.233 e. The van der Waals surface area contributed by atoms with Gasteiger partial charge in [-0.05, 0) is 29.7 Å². The molecule has 0 aromatic heterocycles. The molecule has 0 saturated carbocycles. The van der Waals surface area contributed by atoms with Crippen molar-refractivity contribution in [1.29, 1.82) is 0 Å². The van der Waals surface area contributed by atoms with Gasteiger partial charge in [-0.3, -0.25) is 4.72 Å². The Morgan fingerprint density at radius 1 is 1.05 bits per heavy atom. The molecule has 0 aliphatic carbocycles. The number of aryl methyl sites for hydroxylation is 1. The highest BCUT2D eigenvalue weighted by molar-refractivity contribution is 7.92. The van der Waals surface area contributed by atoms with E-state index in [1.807, 2.05) is 30.3 Å². The molecule has 0 spiro atoms. The van der Waals surface area contributed by atoms with Gasteiger partial charge in [0.2, 0.25) is 10.0 Å². The first-order valence-electron chi connectivity index (χ1n) is 7.03. The molecule has 6 heteroatoms. The van der Waals surface area contributed by atoms with Crippen molar-refractivity contribution in [3.8, 4) is 0 Å². The van der Waals surface area contributed by atoms with Gasteiger partial charge in [0.05, 0.1) is 11.9 Å². The smallest absolute Gasteiger partial charge is 0.233 e. The van der Waals surface area contributed by atoms with E-state index in [4.69, 9.17) is 5.73 Å². The molecule has 2 rings (SSSR count). The maximum absolute atomic E-state index is 12.1. The average Bonchev–Trinajstić information content (AvgIpc) is 2.54. The average molecular weight is 320 g/mol. The van der Waals surface area contributed by atoms with Crippen molar-refractivity contribution in [2.75, 3.05) is 17.0 Å². The highest BCUT2D eigenvalue weighted by Crippen LogP contribution is 2.16. The standard InChI is InChI=1S/C16H20N2O3S/c17-12-16(19)14-6-8-15(9-7-14)18-22(20,21)11-10-13-4-2-1-3-5-13/h1-9,16,18-19H,10-12,17H2. The largest absolute Gasteiger partial charge is 0.387 e. The summed E-state index contributed by atoms with van der Waals surface area (Å²) >= 11 is 0. The van der Waals surface area contributed by atoms with Crippen molar-refractivity contribution in [2.45, 2.75) is 12.5 Å². The van der Waals surface area contributed by atoms with Crippen LogP contribution >= 0.6 is 0 Å². The molecule has 0 amide bonds. The monoisotopic (exact) mass is 320 g/mol. The summed E-state index contributed by atoms with van der Waals surface area (Å²) in [5, 5.41) is 9.60. The molecule has 1 atom stereocenters. The van der Waals surface area contributed by atoms with Crippen molar-refractivity contribution in [2.24, 2.45) is 5.73 Å². The third kappa shape index (κ3) is 4.84. The summed E-state index contributed by atoms with van der Waals surface area (Å²) in [6.45, 7) is 0.127. The van der Waals surface area contributed by atoms with Crippen LogP contribution in [0.1, 0.15) is 17.2 Å². The maximum atomic E-state index is 12.1. The lowest BCUT2D eigenvalue weighted by molar-refractivity contribution is 0.187. The van der Waals surface area contributed by atoms with Gasteiger partial charge in [-0.1, -0.05) is 42.5 Å². The van der Waals surface area contributed by atoms with Crippen LogP contribution in [-0.2, 0) is 16.4 Å². The van der Waals surface area contributed by atoms with Crippen LogP contribution in [0.25, 0.3) is 0 Å². The third-order valence-corrected chi connectivity index (χ3v) is 4.58. The quantitative estimate of drug-likeness (QED) is 0.723. The Morgan fingerprint density at radius 2 is 1.68 bits per heavy atom. The summed E-state index contributed by atoms with van der Waals surface area (Å²) in [6.07, 6.45) is -0.274. The number of sulfonamides is 1. The van der Waals surface area contributed by atoms with Crippen LogP contribution in [0.2, 0.25) is 0 Å². The van der Waals surface area contributed by atoms with E-state index in [1.54, 1.807) is 24.3 Å². The topological polar surface area (TPSA) is 92.4 Å². The molecule has 5 nitrogen and oxygen atoms in total. The van der Waals surface area contributed by atoms with E-state index >= 15 is 0 Å². The first kappa shape index (κ1) is 16.5. The molecule has 4 N–H and O–H groups in total. The second kappa shape index (κ2) is 7.40. The number of aliphatic hydroxyl groups excluding tert-OH is 1. The molecule has 0 saturated heterocycles. The summed E-state index contributed by atoms with van der Waals surface area (Å²) in [4.78, 5) is 0. The molecule has 118 valence electrons. The minimum Gasteiger partial charge on any atom is -0.387 e. The fourth-order valence-corrected chi connectivity index (χ4v) is 3.14. The van der Waals surface area contributed by atoms with Crippen molar-refractivity contribution >= 4 is 15.7 Å². The number of aliphatic hydroxyl groups is 1. The minimum atomic E-state index is -3.41. The van der Waals surface area contributed by atoms with Gasteiger partial charge in [0.15, 0.2) is 0 Å². The summed E-state index contributed by atoms with van der Waals surface area (Å²) in [6, 6.07) is 16.0. The Hall–Kier alpha value is -1.89. The van der Waals surface area contributed by atoms with Gasteiger partial charge in [-0.25, -0.2) is 8.42 Å². The molecule has 0 bridgehead atoms. The Balaban J connectivity index is 1.96. The lowest BCUT2D eigenvalue weighted by Gasteiger charge is -2.11. The molecule has 1 unspecified atom stereocenters. The van der Waals surface area contributed by atoms with E-state index in [0.717, 1.165) is 5.56 Å². The van der Waals surface area contributed by atoms with Crippen molar-refractivity contribution in [1.82, 2.24) is 0 Å². The molecule has 0 aliphatic rings. The number of nitrogens with two attached hydrogens (primary N) is 1. The molecule has 0 heterocycles. The minimum absolute atomic E-state index is 0.0180. The second-order valence-electron chi connectivity index (χ2n) is 5.03. The van der Waals surface area contributed by atoms with Crippen LogP contribution in [-0.4, -0.2) is 25.8 Å². The summed E-state index contributed by atoms with van der Waals surface area (Å²) in [5.41, 5.74) is 7.49. The fourth-order valence-electron chi connectivity index (χ4n) is 2.04. The van der Waals surface area contributed by atoms with E-state index in [2.05, 4.69) is 4.72 Å². The Kier molecular flexibility index (Phi) is 5.54. The Bertz CT molecular complexity index is 685. The highest BCUT2D eigenvalue weighted by atomic mass is 32.2. The zero-order chi connectivity index (χ0) is 16.0. The molecule has 2 aromatic rings. The zero-order valence-electron chi connectivity index (χ0n) is 12.1. The van der Waals surface area contributed by atoms with Gasteiger partial charge in [-0.15, -0.1) is 0 Å². The molecule has 2 aromatic carbocycles. The van der Waals surface area contributed by atoms with Gasteiger partial charge in [0, 0.05) is 12.2 Å². The first-order chi connectivity index (χ1) is 10.5. The van der Waals surface area contributed by atoms with Crippen LogP contribution < -0.4 is 10.5 Å². The van der Waals surface area contributed by atoms with Crippen LogP contribution in [0.4, 0.5) is 5.69 Å². The van der Waals surface area contributed by atoms with Crippen LogP contribution in [0.15, 0.2) is 54.6 Å². The van der Waals surface area contributed by atoms with Gasteiger partial charge < -0.3 is 10.8 Å². The highest BCUT2D eigenvalue weighted by Gasteiger charge is 2.11. The predicted octanol–water partition coefficient (Wildman–Crippen LogP) is 1.66.